The normalized spacial score (nSPS) is 15.6. The Labute approximate surface area is 176 Å². The first kappa shape index (κ1) is 17.6. The van der Waals surface area contributed by atoms with Crippen LogP contribution in [0.5, 0.6) is 0 Å². The van der Waals surface area contributed by atoms with Gasteiger partial charge < -0.3 is 10.6 Å². The highest BCUT2D eigenvalue weighted by molar-refractivity contribution is 14.1. The van der Waals surface area contributed by atoms with Crippen molar-refractivity contribution in [3.63, 3.8) is 0 Å². The van der Waals surface area contributed by atoms with Gasteiger partial charge in [-0.1, -0.05) is 18.2 Å². The Bertz CT molecular complexity index is 1180. The molecule has 0 amide bonds. The topological polar surface area (TPSA) is 85.8 Å². The summed E-state index contributed by atoms with van der Waals surface area (Å²) in [4.78, 5) is 16.0. The van der Waals surface area contributed by atoms with Gasteiger partial charge in [0.15, 0.2) is 5.65 Å². The number of hydrogen-bond acceptors (Lipinski definition) is 6. The van der Waals surface area contributed by atoms with Crippen LogP contribution in [0.2, 0.25) is 0 Å². The summed E-state index contributed by atoms with van der Waals surface area (Å²) in [5.41, 5.74) is 9.01. The molecule has 142 valence electrons. The number of anilines is 2. The van der Waals surface area contributed by atoms with Crippen molar-refractivity contribution in [2.45, 2.75) is 25.8 Å². The number of nitrogens with two attached hydrogens (primary N) is 1. The molecule has 8 heteroatoms. The van der Waals surface area contributed by atoms with Crippen LogP contribution in [0.4, 0.5) is 11.6 Å². The van der Waals surface area contributed by atoms with Gasteiger partial charge in [0.05, 0.1) is 16.9 Å². The van der Waals surface area contributed by atoms with Gasteiger partial charge >= 0.3 is 0 Å². The molecular formula is C20H20IN7. The highest BCUT2D eigenvalue weighted by Gasteiger charge is 2.25. The number of nitrogen functional groups attached to an aromatic ring is 1. The van der Waals surface area contributed by atoms with Crippen molar-refractivity contribution in [3.05, 3.63) is 45.9 Å². The standard InChI is InChI=1S/C20H20IN7/c1-12(28-20-16(17(21)26-28)18(22)23-11-24-20)14-10-13-6-2-3-7-15(13)25-19(14)27-8-4-5-9-27/h2-3,6-7,10-12H,4-5,8-9H2,1H3,(H2,22,23,24). The fourth-order valence-electron chi connectivity index (χ4n) is 3.97. The average Bonchev–Trinajstić information content (AvgIpc) is 3.35. The molecule has 1 atom stereocenters. The third kappa shape index (κ3) is 2.78. The number of para-hydroxylation sites is 1. The van der Waals surface area contributed by atoms with Gasteiger partial charge in [-0.15, -0.1) is 0 Å². The van der Waals surface area contributed by atoms with Gasteiger partial charge in [0.2, 0.25) is 0 Å². The molecule has 1 aromatic carbocycles. The summed E-state index contributed by atoms with van der Waals surface area (Å²) >= 11 is 2.20. The summed E-state index contributed by atoms with van der Waals surface area (Å²) in [6.45, 7) is 4.22. The zero-order valence-corrected chi connectivity index (χ0v) is 17.7. The van der Waals surface area contributed by atoms with Gasteiger partial charge in [0.25, 0.3) is 0 Å². The Hall–Kier alpha value is -2.49. The molecule has 3 aromatic heterocycles. The van der Waals surface area contributed by atoms with Crippen molar-refractivity contribution in [2.75, 3.05) is 23.7 Å². The van der Waals surface area contributed by atoms with Gasteiger partial charge in [0, 0.05) is 24.0 Å². The molecule has 1 aliphatic heterocycles. The van der Waals surface area contributed by atoms with Crippen molar-refractivity contribution in [1.29, 1.82) is 0 Å². The maximum absolute atomic E-state index is 6.08. The van der Waals surface area contributed by atoms with Crippen LogP contribution in [0.15, 0.2) is 36.7 Å². The number of fused-ring (bicyclic) bond motifs is 2. The second-order valence-electron chi connectivity index (χ2n) is 7.16. The SMILES string of the molecule is CC(c1cc2ccccc2nc1N1CCCC1)n1nc(I)c2c(N)ncnc21. The molecule has 0 bridgehead atoms. The lowest BCUT2D eigenvalue weighted by Gasteiger charge is -2.24. The van der Waals surface area contributed by atoms with E-state index in [4.69, 9.17) is 15.8 Å². The van der Waals surface area contributed by atoms with E-state index in [-0.39, 0.29) is 6.04 Å². The number of halogens is 1. The fraction of sp³-hybridized carbons (Fsp3) is 0.300. The zero-order valence-electron chi connectivity index (χ0n) is 15.5. The average molecular weight is 485 g/mol. The quantitative estimate of drug-likeness (QED) is 0.445. The van der Waals surface area contributed by atoms with E-state index < -0.39 is 0 Å². The summed E-state index contributed by atoms with van der Waals surface area (Å²) in [5, 5.41) is 6.69. The van der Waals surface area contributed by atoms with Crippen LogP contribution in [0.3, 0.4) is 0 Å². The molecule has 0 saturated carbocycles. The molecule has 7 nitrogen and oxygen atoms in total. The lowest BCUT2D eigenvalue weighted by atomic mass is 10.1. The molecule has 28 heavy (non-hydrogen) atoms. The molecule has 5 rings (SSSR count). The zero-order chi connectivity index (χ0) is 19.3. The van der Waals surface area contributed by atoms with Gasteiger partial charge in [-0.05, 0) is 54.5 Å². The maximum Gasteiger partial charge on any atom is 0.165 e. The van der Waals surface area contributed by atoms with Crippen molar-refractivity contribution in [2.24, 2.45) is 0 Å². The summed E-state index contributed by atoms with van der Waals surface area (Å²) < 4.78 is 2.76. The number of pyridine rings is 1. The minimum atomic E-state index is -0.0342. The van der Waals surface area contributed by atoms with Gasteiger partial charge in [-0.25, -0.2) is 19.6 Å². The summed E-state index contributed by atoms with van der Waals surface area (Å²) in [6.07, 6.45) is 3.90. The van der Waals surface area contributed by atoms with E-state index in [2.05, 4.69) is 62.6 Å². The number of benzene rings is 1. The first-order chi connectivity index (χ1) is 13.6. The number of rotatable bonds is 3. The predicted molar refractivity (Wildman–Crippen MR) is 119 cm³/mol. The lowest BCUT2D eigenvalue weighted by molar-refractivity contribution is 0.573. The highest BCUT2D eigenvalue weighted by atomic mass is 127. The molecule has 1 saturated heterocycles. The van der Waals surface area contributed by atoms with Crippen molar-refractivity contribution in [3.8, 4) is 0 Å². The van der Waals surface area contributed by atoms with Crippen molar-refractivity contribution >= 4 is 56.2 Å². The van der Waals surface area contributed by atoms with E-state index >= 15 is 0 Å². The second kappa shape index (κ2) is 6.84. The van der Waals surface area contributed by atoms with E-state index in [1.165, 1.54) is 19.2 Å². The molecule has 0 spiro atoms. The monoisotopic (exact) mass is 485 g/mol. The first-order valence-electron chi connectivity index (χ1n) is 9.42. The Kier molecular flexibility index (Phi) is 4.30. The van der Waals surface area contributed by atoms with Crippen LogP contribution in [-0.2, 0) is 0 Å². The van der Waals surface area contributed by atoms with Crippen LogP contribution in [0.25, 0.3) is 21.9 Å². The molecule has 2 N–H and O–H groups in total. The second-order valence-corrected chi connectivity index (χ2v) is 8.18. The molecule has 0 radical (unpaired) electrons. The van der Waals surface area contributed by atoms with E-state index in [1.54, 1.807) is 0 Å². The van der Waals surface area contributed by atoms with Crippen LogP contribution in [-0.4, -0.2) is 37.8 Å². The summed E-state index contributed by atoms with van der Waals surface area (Å²) in [5.74, 6) is 1.51. The highest BCUT2D eigenvalue weighted by Crippen LogP contribution is 2.34. The number of hydrogen-bond donors (Lipinski definition) is 1. The van der Waals surface area contributed by atoms with Crippen molar-refractivity contribution < 1.29 is 0 Å². The third-order valence-electron chi connectivity index (χ3n) is 5.43. The summed E-state index contributed by atoms with van der Waals surface area (Å²) in [6, 6.07) is 10.5. The van der Waals surface area contributed by atoms with Gasteiger partial charge in [-0.2, -0.15) is 5.10 Å². The van der Waals surface area contributed by atoms with E-state index in [0.717, 1.165) is 50.1 Å². The smallest absolute Gasteiger partial charge is 0.165 e. The predicted octanol–water partition coefficient (Wildman–Crippen LogP) is 3.77. The number of aromatic nitrogens is 5. The Morgan fingerprint density at radius 3 is 2.75 bits per heavy atom. The van der Waals surface area contributed by atoms with Crippen LogP contribution in [0.1, 0.15) is 31.4 Å². The summed E-state index contributed by atoms with van der Waals surface area (Å²) in [7, 11) is 0. The van der Waals surface area contributed by atoms with E-state index in [0.29, 0.717) is 5.82 Å². The molecule has 1 fully saturated rings. The molecule has 1 unspecified atom stereocenters. The lowest BCUT2D eigenvalue weighted by Crippen LogP contribution is -2.23. The molecule has 4 heterocycles. The Morgan fingerprint density at radius 2 is 1.93 bits per heavy atom. The van der Waals surface area contributed by atoms with E-state index in [1.807, 2.05) is 16.8 Å². The van der Waals surface area contributed by atoms with Gasteiger partial charge in [-0.3, -0.25) is 0 Å². The van der Waals surface area contributed by atoms with Crippen molar-refractivity contribution in [1.82, 2.24) is 24.7 Å². The minimum Gasteiger partial charge on any atom is -0.383 e. The molecule has 4 aromatic rings. The molecule has 1 aliphatic rings. The maximum atomic E-state index is 6.08. The number of nitrogens with zero attached hydrogens (tertiary/aromatic N) is 6. The van der Waals surface area contributed by atoms with E-state index in [9.17, 15) is 0 Å². The molecular weight excluding hydrogens is 465 g/mol. The first-order valence-corrected chi connectivity index (χ1v) is 10.5. The molecule has 0 aliphatic carbocycles. The van der Waals surface area contributed by atoms with Crippen LogP contribution < -0.4 is 10.6 Å². The van der Waals surface area contributed by atoms with Crippen LogP contribution in [0, 0.1) is 3.70 Å². The fourth-order valence-corrected chi connectivity index (χ4v) is 4.72. The third-order valence-corrected chi connectivity index (χ3v) is 6.19. The largest absolute Gasteiger partial charge is 0.383 e. The van der Waals surface area contributed by atoms with Crippen LogP contribution >= 0.6 is 22.6 Å². The minimum absolute atomic E-state index is 0.0342. The van der Waals surface area contributed by atoms with Gasteiger partial charge in [0.1, 0.15) is 21.7 Å². The Morgan fingerprint density at radius 1 is 1.14 bits per heavy atom. The Balaban J connectivity index is 1.72.